The van der Waals surface area contributed by atoms with Gasteiger partial charge in [0.05, 0.1) is 0 Å². The zero-order chi connectivity index (χ0) is 8.85. The van der Waals surface area contributed by atoms with Crippen LogP contribution in [0.4, 0.5) is 0 Å². The standard InChI is InChI=1S/C7H18N2O2/c1-4-5-8-9(6(2)10)7(3)11/h6-8,10-11H,4-5H2,1-3H3. The van der Waals surface area contributed by atoms with Crippen molar-refractivity contribution in [1.29, 1.82) is 0 Å². The number of aliphatic hydroxyl groups is 2. The first-order valence-corrected chi connectivity index (χ1v) is 3.97. The average molecular weight is 162 g/mol. The molecule has 0 fully saturated rings. The van der Waals surface area contributed by atoms with Crippen molar-refractivity contribution >= 4 is 0 Å². The van der Waals surface area contributed by atoms with Gasteiger partial charge in [0, 0.05) is 6.54 Å². The number of hydrazine groups is 1. The Morgan fingerprint density at radius 2 is 1.73 bits per heavy atom. The van der Waals surface area contributed by atoms with Gasteiger partial charge in [0.15, 0.2) is 0 Å². The first kappa shape index (κ1) is 10.8. The van der Waals surface area contributed by atoms with Gasteiger partial charge in [-0.1, -0.05) is 6.92 Å². The molecule has 0 aliphatic heterocycles. The molecule has 0 saturated carbocycles. The number of rotatable bonds is 5. The molecule has 0 aliphatic rings. The molecule has 0 heterocycles. The molecule has 11 heavy (non-hydrogen) atoms. The quantitative estimate of drug-likeness (QED) is 0.389. The van der Waals surface area contributed by atoms with Crippen LogP contribution in [0.25, 0.3) is 0 Å². The third kappa shape index (κ3) is 4.31. The van der Waals surface area contributed by atoms with E-state index in [0.717, 1.165) is 13.0 Å². The van der Waals surface area contributed by atoms with Crippen LogP contribution >= 0.6 is 0 Å². The summed E-state index contributed by atoms with van der Waals surface area (Å²) in [4.78, 5) is 0. The smallest absolute Gasteiger partial charge is 0.119 e. The summed E-state index contributed by atoms with van der Waals surface area (Å²) in [5.74, 6) is 0. The van der Waals surface area contributed by atoms with E-state index in [2.05, 4.69) is 5.43 Å². The Labute approximate surface area is 67.8 Å². The summed E-state index contributed by atoms with van der Waals surface area (Å²) >= 11 is 0. The summed E-state index contributed by atoms with van der Waals surface area (Å²) in [5.41, 5.74) is 2.90. The van der Waals surface area contributed by atoms with Crippen molar-refractivity contribution < 1.29 is 10.2 Å². The zero-order valence-electron chi connectivity index (χ0n) is 7.41. The zero-order valence-corrected chi connectivity index (χ0v) is 7.41. The van der Waals surface area contributed by atoms with Crippen molar-refractivity contribution in [3.05, 3.63) is 0 Å². The topological polar surface area (TPSA) is 55.7 Å². The van der Waals surface area contributed by atoms with Crippen molar-refractivity contribution in [3.8, 4) is 0 Å². The Morgan fingerprint density at radius 1 is 1.27 bits per heavy atom. The molecule has 0 rings (SSSR count). The van der Waals surface area contributed by atoms with Crippen molar-refractivity contribution in [2.24, 2.45) is 0 Å². The molecule has 0 aromatic heterocycles. The third-order valence-electron chi connectivity index (χ3n) is 1.35. The molecule has 0 aromatic rings. The molecule has 68 valence electrons. The molecule has 0 aliphatic carbocycles. The summed E-state index contributed by atoms with van der Waals surface area (Å²) in [6.45, 7) is 6.00. The van der Waals surface area contributed by atoms with Gasteiger partial charge < -0.3 is 10.2 Å². The van der Waals surface area contributed by atoms with Crippen LogP contribution in [0.5, 0.6) is 0 Å². The van der Waals surface area contributed by atoms with Crippen LogP contribution < -0.4 is 5.43 Å². The van der Waals surface area contributed by atoms with Crippen LogP contribution in [0.3, 0.4) is 0 Å². The van der Waals surface area contributed by atoms with Gasteiger partial charge in [0.2, 0.25) is 0 Å². The average Bonchev–Trinajstić information content (AvgIpc) is 1.87. The predicted molar refractivity (Wildman–Crippen MR) is 43.5 cm³/mol. The minimum atomic E-state index is -0.665. The van der Waals surface area contributed by atoms with Crippen molar-refractivity contribution in [3.63, 3.8) is 0 Å². The van der Waals surface area contributed by atoms with Crippen LogP contribution in [-0.4, -0.2) is 34.2 Å². The first-order chi connectivity index (χ1) is 5.09. The van der Waals surface area contributed by atoms with E-state index in [9.17, 15) is 0 Å². The molecule has 3 N–H and O–H groups in total. The summed E-state index contributed by atoms with van der Waals surface area (Å²) in [6, 6.07) is 0. The first-order valence-electron chi connectivity index (χ1n) is 3.97. The van der Waals surface area contributed by atoms with Crippen molar-refractivity contribution in [1.82, 2.24) is 10.4 Å². The number of hydrogen-bond donors (Lipinski definition) is 3. The van der Waals surface area contributed by atoms with Gasteiger partial charge in [-0.05, 0) is 20.3 Å². The lowest BCUT2D eigenvalue weighted by atomic mass is 10.5. The van der Waals surface area contributed by atoms with Gasteiger partial charge in [0.25, 0.3) is 0 Å². The van der Waals surface area contributed by atoms with E-state index in [1.165, 1.54) is 5.01 Å². The van der Waals surface area contributed by atoms with Crippen molar-refractivity contribution in [2.45, 2.75) is 39.6 Å². The summed E-state index contributed by atoms with van der Waals surface area (Å²) in [5, 5.41) is 19.6. The molecular formula is C7H18N2O2. The minimum absolute atomic E-state index is 0.665. The molecule has 0 saturated heterocycles. The normalized spacial score (nSPS) is 16.9. The molecule has 4 heteroatoms. The van der Waals surface area contributed by atoms with Crippen molar-refractivity contribution in [2.75, 3.05) is 6.54 Å². The Hall–Kier alpha value is -0.160. The molecule has 2 atom stereocenters. The SMILES string of the molecule is CCCNN(C(C)O)C(C)O. The van der Waals surface area contributed by atoms with Gasteiger partial charge in [-0.25, -0.2) is 0 Å². The van der Waals surface area contributed by atoms with Gasteiger partial charge in [-0.15, -0.1) is 0 Å². The van der Waals surface area contributed by atoms with Crippen LogP contribution in [0.15, 0.2) is 0 Å². The number of nitrogens with zero attached hydrogens (tertiary/aromatic N) is 1. The van der Waals surface area contributed by atoms with E-state index >= 15 is 0 Å². The number of aliphatic hydroxyl groups excluding tert-OH is 2. The van der Waals surface area contributed by atoms with E-state index in [4.69, 9.17) is 10.2 Å². The molecule has 0 aromatic carbocycles. The van der Waals surface area contributed by atoms with Crippen LogP contribution in [0.2, 0.25) is 0 Å². The van der Waals surface area contributed by atoms with E-state index in [1.54, 1.807) is 13.8 Å². The van der Waals surface area contributed by atoms with E-state index in [1.807, 2.05) is 6.92 Å². The lowest BCUT2D eigenvalue weighted by Crippen LogP contribution is -2.49. The maximum atomic E-state index is 9.11. The molecule has 0 amide bonds. The van der Waals surface area contributed by atoms with E-state index < -0.39 is 12.5 Å². The largest absolute Gasteiger partial charge is 0.377 e. The second-order valence-electron chi connectivity index (χ2n) is 2.58. The van der Waals surface area contributed by atoms with E-state index in [0.29, 0.717) is 0 Å². The second-order valence-corrected chi connectivity index (χ2v) is 2.58. The lowest BCUT2D eigenvalue weighted by Gasteiger charge is -2.28. The molecular weight excluding hydrogens is 144 g/mol. The van der Waals surface area contributed by atoms with Crippen LogP contribution in [0, 0.1) is 0 Å². The fourth-order valence-corrected chi connectivity index (χ4v) is 0.817. The highest BCUT2D eigenvalue weighted by molar-refractivity contribution is 4.52. The van der Waals surface area contributed by atoms with Crippen LogP contribution in [-0.2, 0) is 0 Å². The Bertz CT molecular complexity index is 88.4. The van der Waals surface area contributed by atoms with Gasteiger partial charge in [-0.3, -0.25) is 5.43 Å². The molecule has 0 bridgehead atoms. The van der Waals surface area contributed by atoms with E-state index in [-0.39, 0.29) is 0 Å². The van der Waals surface area contributed by atoms with Gasteiger partial charge in [0.1, 0.15) is 12.5 Å². The minimum Gasteiger partial charge on any atom is -0.377 e. The summed E-state index contributed by atoms with van der Waals surface area (Å²) in [6.07, 6.45) is -0.362. The van der Waals surface area contributed by atoms with Gasteiger partial charge in [-0.2, -0.15) is 5.01 Å². The summed E-state index contributed by atoms with van der Waals surface area (Å²) in [7, 11) is 0. The Kier molecular flexibility index (Phi) is 5.41. The third-order valence-corrected chi connectivity index (χ3v) is 1.35. The fraction of sp³-hybridized carbons (Fsp3) is 1.00. The second kappa shape index (κ2) is 5.49. The number of nitrogens with one attached hydrogen (secondary N) is 1. The molecule has 0 radical (unpaired) electrons. The van der Waals surface area contributed by atoms with Crippen LogP contribution in [0.1, 0.15) is 27.2 Å². The molecule has 0 spiro atoms. The fourth-order valence-electron chi connectivity index (χ4n) is 0.817. The summed E-state index contributed by atoms with van der Waals surface area (Å²) < 4.78 is 0. The van der Waals surface area contributed by atoms with Gasteiger partial charge >= 0.3 is 0 Å². The maximum Gasteiger partial charge on any atom is 0.119 e. The Morgan fingerprint density at radius 3 is 2.00 bits per heavy atom. The highest BCUT2D eigenvalue weighted by Gasteiger charge is 2.14. The molecule has 4 nitrogen and oxygen atoms in total. The molecule has 2 unspecified atom stereocenters. The number of hydrogen-bond acceptors (Lipinski definition) is 4. The lowest BCUT2D eigenvalue weighted by molar-refractivity contribution is -0.116. The highest BCUT2D eigenvalue weighted by atomic mass is 16.3. The Balaban J connectivity index is 3.70. The maximum absolute atomic E-state index is 9.11. The predicted octanol–water partition coefficient (Wildman–Crippen LogP) is -0.120. The highest BCUT2D eigenvalue weighted by Crippen LogP contribution is 1.95. The monoisotopic (exact) mass is 162 g/mol.